The summed E-state index contributed by atoms with van der Waals surface area (Å²) in [4.78, 5) is 13.7. The Morgan fingerprint density at radius 3 is 2.46 bits per heavy atom. The number of sulfone groups is 2. The number of halogens is 1. The number of amides is 1. The predicted octanol–water partition coefficient (Wildman–Crippen LogP) is 1.02. The molecular formula is C15H18FNO5S2. The second kappa shape index (κ2) is 6.11. The Hall–Kier alpha value is -1.48. The average molecular weight is 375 g/mol. The average Bonchev–Trinajstić information content (AvgIpc) is 3.16. The van der Waals surface area contributed by atoms with Crippen molar-refractivity contribution in [3.8, 4) is 0 Å². The zero-order chi connectivity index (χ0) is 17.5. The summed E-state index contributed by atoms with van der Waals surface area (Å²) >= 11 is 0. The van der Waals surface area contributed by atoms with Crippen LogP contribution < -0.4 is 0 Å². The van der Waals surface area contributed by atoms with Crippen molar-refractivity contribution in [2.45, 2.75) is 29.4 Å². The van der Waals surface area contributed by atoms with E-state index < -0.39 is 42.4 Å². The third kappa shape index (κ3) is 3.19. The molecule has 1 atom stereocenters. The molecule has 9 heteroatoms. The highest BCUT2D eigenvalue weighted by atomic mass is 32.2. The van der Waals surface area contributed by atoms with Crippen molar-refractivity contribution in [2.24, 2.45) is 0 Å². The van der Waals surface area contributed by atoms with E-state index in [1.54, 1.807) is 0 Å². The molecule has 1 aromatic carbocycles. The second-order valence-electron chi connectivity index (χ2n) is 6.21. The van der Waals surface area contributed by atoms with Crippen LogP contribution in [0.5, 0.6) is 0 Å². The number of carbonyl (C=O) groups excluding carboxylic acids is 1. The SMILES string of the molecule is O=C(c1cc(S(=O)(=O)C2CCS(=O)(=O)C2)ccc1F)N1CCCC1. The highest BCUT2D eigenvalue weighted by molar-refractivity contribution is 7.96. The second-order valence-corrected chi connectivity index (χ2v) is 10.7. The van der Waals surface area contributed by atoms with Gasteiger partial charge in [-0.05, 0) is 37.5 Å². The monoisotopic (exact) mass is 375 g/mol. The van der Waals surface area contributed by atoms with Gasteiger partial charge in [-0.3, -0.25) is 4.79 Å². The van der Waals surface area contributed by atoms with Gasteiger partial charge in [0.2, 0.25) is 0 Å². The molecule has 132 valence electrons. The van der Waals surface area contributed by atoms with Crippen molar-refractivity contribution in [3.05, 3.63) is 29.6 Å². The summed E-state index contributed by atoms with van der Waals surface area (Å²) in [6.07, 6.45) is 1.70. The lowest BCUT2D eigenvalue weighted by Crippen LogP contribution is -2.29. The fourth-order valence-electron chi connectivity index (χ4n) is 3.13. The van der Waals surface area contributed by atoms with Gasteiger partial charge in [0.25, 0.3) is 5.91 Å². The molecule has 6 nitrogen and oxygen atoms in total. The molecule has 0 radical (unpaired) electrons. The Morgan fingerprint density at radius 2 is 1.88 bits per heavy atom. The van der Waals surface area contributed by atoms with Crippen LogP contribution in [0.1, 0.15) is 29.6 Å². The molecule has 0 saturated carbocycles. The van der Waals surface area contributed by atoms with Crippen LogP contribution in [0.15, 0.2) is 23.1 Å². The molecule has 0 bridgehead atoms. The number of benzene rings is 1. The Morgan fingerprint density at radius 1 is 1.21 bits per heavy atom. The number of likely N-dealkylation sites (tertiary alicyclic amines) is 1. The van der Waals surface area contributed by atoms with Crippen LogP contribution >= 0.6 is 0 Å². The third-order valence-corrected chi connectivity index (χ3v) is 8.69. The Balaban J connectivity index is 1.94. The third-order valence-electron chi connectivity index (χ3n) is 4.52. The molecule has 0 aliphatic carbocycles. The molecule has 2 saturated heterocycles. The van der Waals surface area contributed by atoms with Gasteiger partial charge in [0.05, 0.1) is 27.2 Å². The molecule has 0 aromatic heterocycles. The molecule has 0 spiro atoms. The largest absolute Gasteiger partial charge is 0.339 e. The first-order valence-electron chi connectivity index (χ1n) is 7.74. The van der Waals surface area contributed by atoms with Crippen molar-refractivity contribution >= 4 is 25.6 Å². The maximum absolute atomic E-state index is 14.0. The van der Waals surface area contributed by atoms with E-state index in [0.717, 1.165) is 31.0 Å². The quantitative estimate of drug-likeness (QED) is 0.736. The molecule has 2 aliphatic heterocycles. The van der Waals surface area contributed by atoms with Crippen molar-refractivity contribution in [2.75, 3.05) is 24.6 Å². The van der Waals surface area contributed by atoms with Crippen LogP contribution in [0.4, 0.5) is 4.39 Å². The lowest BCUT2D eigenvalue weighted by Gasteiger charge is -2.17. The molecule has 2 aliphatic rings. The standard InChI is InChI=1S/C15H18FNO5S2/c16-14-4-3-11(9-13(14)15(18)17-6-1-2-7-17)24(21,22)12-5-8-23(19,20)10-12/h3-4,9,12H,1-2,5-8,10H2. The van der Waals surface area contributed by atoms with E-state index in [9.17, 15) is 26.0 Å². The van der Waals surface area contributed by atoms with Crippen molar-refractivity contribution in [1.82, 2.24) is 4.90 Å². The smallest absolute Gasteiger partial charge is 0.256 e. The normalized spacial score (nSPS) is 23.5. The van der Waals surface area contributed by atoms with E-state index >= 15 is 0 Å². The summed E-state index contributed by atoms with van der Waals surface area (Å²) in [6.45, 7) is 1.05. The van der Waals surface area contributed by atoms with Crippen molar-refractivity contribution in [3.63, 3.8) is 0 Å². The van der Waals surface area contributed by atoms with E-state index in [1.165, 1.54) is 4.90 Å². The van der Waals surface area contributed by atoms with E-state index in [2.05, 4.69) is 0 Å². The maximum Gasteiger partial charge on any atom is 0.256 e. The van der Waals surface area contributed by atoms with E-state index in [1.807, 2.05) is 0 Å². The molecular weight excluding hydrogens is 357 g/mol. The summed E-state index contributed by atoms with van der Waals surface area (Å²) < 4.78 is 62.3. The molecule has 2 fully saturated rings. The van der Waals surface area contributed by atoms with Crippen molar-refractivity contribution < 1.29 is 26.0 Å². The van der Waals surface area contributed by atoms with Crippen LogP contribution in [-0.4, -0.2) is 57.5 Å². The van der Waals surface area contributed by atoms with Gasteiger partial charge in [-0.25, -0.2) is 21.2 Å². The summed E-state index contributed by atoms with van der Waals surface area (Å²) in [5, 5.41) is -1.04. The van der Waals surface area contributed by atoms with Gasteiger partial charge >= 0.3 is 0 Å². The Labute approximate surface area is 140 Å². The fraction of sp³-hybridized carbons (Fsp3) is 0.533. The van der Waals surface area contributed by atoms with Crippen LogP contribution in [0, 0.1) is 5.82 Å². The summed E-state index contributed by atoms with van der Waals surface area (Å²) in [5.41, 5.74) is -0.279. The van der Waals surface area contributed by atoms with Gasteiger partial charge < -0.3 is 4.90 Å². The number of carbonyl (C=O) groups is 1. The first-order chi connectivity index (χ1) is 11.2. The summed E-state index contributed by atoms with van der Waals surface area (Å²) in [6, 6.07) is 3.09. The lowest BCUT2D eigenvalue weighted by atomic mass is 10.2. The zero-order valence-electron chi connectivity index (χ0n) is 12.9. The Kier molecular flexibility index (Phi) is 4.41. The van der Waals surface area contributed by atoms with E-state index in [-0.39, 0.29) is 22.6 Å². The van der Waals surface area contributed by atoms with Gasteiger partial charge in [-0.2, -0.15) is 0 Å². The minimum absolute atomic E-state index is 0.0252. The van der Waals surface area contributed by atoms with Gasteiger partial charge in [-0.1, -0.05) is 0 Å². The zero-order valence-corrected chi connectivity index (χ0v) is 14.6. The van der Waals surface area contributed by atoms with Gasteiger partial charge in [0.15, 0.2) is 19.7 Å². The lowest BCUT2D eigenvalue weighted by molar-refractivity contribution is 0.0788. The maximum atomic E-state index is 14.0. The first kappa shape index (κ1) is 17.3. The fourth-order valence-corrected chi connectivity index (χ4v) is 7.52. The number of rotatable bonds is 3. The van der Waals surface area contributed by atoms with E-state index in [4.69, 9.17) is 0 Å². The van der Waals surface area contributed by atoms with Gasteiger partial charge in [0, 0.05) is 13.1 Å². The van der Waals surface area contributed by atoms with Crippen LogP contribution in [0.2, 0.25) is 0 Å². The molecule has 1 aromatic rings. The molecule has 24 heavy (non-hydrogen) atoms. The summed E-state index contributed by atoms with van der Waals surface area (Å²) in [5.74, 6) is -1.90. The van der Waals surface area contributed by atoms with Crippen LogP contribution in [0.3, 0.4) is 0 Å². The minimum atomic E-state index is -3.92. The molecule has 0 N–H and O–H groups in total. The number of hydrogen-bond donors (Lipinski definition) is 0. The minimum Gasteiger partial charge on any atom is -0.339 e. The molecule has 3 rings (SSSR count). The highest BCUT2D eigenvalue weighted by Gasteiger charge is 2.38. The highest BCUT2D eigenvalue weighted by Crippen LogP contribution is 2.27. The topological polar surface area (TPSA) is 88.6 Å². The Bertz CT molecular complexity index is 873. The molecule has 2 heterocycles. The van der Waals surface area contributed by atoms with E-state index in [0.29, 0.717) is 13.1 Å². The van der Waals surface area contributed by atoms with Crippen molar-refractivity contribution in [1.29, 1.82) is 0 Å². The molecule has 1 unspecified atom stereocenters. The van der Waals surface area contributed by atoms with Gasteiger partial charge in [0.1, 0.15) is 5.82 Å². The van der Waals surface area contributed by atoms with Gasteiger partial charge in [-0.15, -0.1) is 0 Å². The number of nitrogens with zero attached hydrogens (tertiary/aromatic N) is 1. The van der Waals surface area contributed by atoms with Crippen LogP contribution in [0.25, 0.3) is 0 Å². The first-order valence-corrected chi connectivity index (χ1v) is 11.1. The molecule has 1 amide bonds. The predicted molar refractivity (Wildman–Crippen MR) is 85.8 cm³/mol. The van der Waals surface area contributed by atoms with Crippen LogP contribution in [-0.2, 0) is 19.7 Å². The number of hydrogen-bond acceptors (Lipinski definition) is 5. The summed E-state index contributed by atoms with van der Waals surface area (Å²) in [7, 11) is -7.29.